The van der Waals surface area contributed by atoms with E-state index in [-0.39, 0.29) is 0 Å². The lowest BCUT2D eigenvalue weighted by molar-refractivity contribution is -0.137. The number of aromatic amines is 1. The standard InChI is InChI=1S/C16H20F3N5S/c1-22-8-10-23(11-9-22)7-6-14-20-21-15(25)24(14)13-4-2-12(3-5-13)16(17,18)19/h2-5H,6-11H2,1H3,(H,21,25). The van der Waals surface area contributed by atoms with Crippen molar-refractivity contribution < 1.29 is 13.2 Å². The van der Waals surface area contributed by atoms with E-state index < -0.39 is 11.7 Å². The largest absolute Gasteiger partial charge is 0.416 e. The van der Waals surface area contributed by atoms with Crippen molar-refractivity contribution in [2.24, 2.45) is 0 Å². The first-order valence-electron chi connectivity index (χ1n) is 8.09. The fourth-order valence-electron chi connectivity index (χ4n) is 2.89. The molecule has 0 spiro atoms. The number of hydrogen-bond acceptors (Lipinski definition) is 4. The zero-order valence-electron chi connectivity index (χ0n) is 13.9. The summed E-state index contributed by atoms with van der Waals surface area (Å²) in [5.74, 6) is 0.726. The number of halogens is 3. The van der Waals surface area contributed by atoms with Crippen LogP contribution in [0.3, 0.4) is 0 Å². The van der Waals surface area contributed by atoms with E-state index in [9.17, 15) is 13.2 Å². The lowest BCUT2D eigenvalue weighted by Crippen LogP contribution is -2.45. The summed E-state index contributed by atoms with van der Waals surface area (Å²) >= 11 is 5.25. The maximum Gasteiger partial charge on any atom is 0.416 e. The fraction of sp³-hybridized carbons (Fsp3) is 0.500. The average Bonchev–Trinajstić information content (AvgIpc) is 2.94. The minimum atomic E-state index is -4.35. The minimum Gasteiger partial charge on any atom is -0.304 e. The van der Waals surface area contributed by atoms with Gasteiger partial charge in [-0.2, -0.15) is 18.3 Å². The highest BCUT2D eigenvalue weighted by molar-refractivity contribution is 7.71. The number of nitrogens with zero attached hydrogens (tertiary/aromatic N) is 4. The van der Waals surface area contributed by atoms with Crippen molar-refractivity contribution in [3.05, 3.63) is 40.4 Å². The van der Waals surface area contributed by atoms with Gasteiger partial charge in [0.1, 0.15) is 5.82 Å². The van der Waals surface area contributed by atoms with Gasteiger partial charge in [-0.15, -0.1) is 0 Å². The number of rotatable bonds is 4. The first-order chi connectivity index (χ1) is 11.8. The molecule has 0 amide bonds. The summed E-state index contributed by atoms with van der Waals surface area (Å²) in [4.78, 5) is 4.64. The van der Waals surface area contributed by atoms with Crippen LogP contribution in [0.2, 0.25) is 0 Å². The van der Waals surface area contributed by atoms with Crippen LogP contribution in [0.4, 0.5) is 13.2 Å². The molecule has 0 radical (unpaired) electrons. The van der Waals surface area contributed by atoms with Crippen molar-refractivity contribution in [3.8, 4) is 5.69 Å². The number of benzene rings is 1. The maximum atomic E-state index is 12.7. The molecule has 0 unspecified atom stereocenters. The zero-order valence-corrected chi connectivity index (χ0v) is 14.7. The van der Waals surface area contributed by atoms with Crippen LogP contribution in [0.25, 0.3) is 5.69 Å². The quantitative estimate of drug-likeness (QED) is 0.839. The maximum absolute atomic E-state index is 12.7. The molecule has 0 saturated carbocycles. The first-order valence-corrected chi connectivity index (χ1v) is 8.50. The second-order valence-corrected chi connectivity index (χ2v) is 6.61. The second-order valence-electron chi connectivity index (χ2n) is 6.22. The third-order valence-corrected chi connectivity index (χ3v) is 4.72. The van der Waals surface area contributed by atoms with Crippen molar-refractivity contribution in [3.63, 3.8) is 0 Å². The third-order valence-electron chi connectivity index (χ3n) is 4.44. The Hall–Kier alpha value is -1.71. The topological polar surface area (TPSA) is 40.1 Å². The average molecular weight is 371 g/mol. The first kappa shape index (κ1) is 18.1. The number of hydrogen-bond donors (Lipinski definition) is 1. The molecule has 0 bridgehead atoms. The molecule has 1 aliphatic heterocycles. The summed E-state index contributed by atoms with van der Waals surface area (Å²) in [6.07, 6.45) is -3.67. The predicted octanol–water partition coefficient (Wildman–Crippen LogP) is 2.74. The van der Waals surface area contributed by atoms with Gasteiger partial charge < -0.3 is 9.80 Å². The van der Waals surface area contributed by atoms with Crippen LogP contribution >= 0.6 is 12.2 Å². The fourth-order valence-corrected chi connectivity index (χ4v) is 3.15. The Labute approximate surface area is 149 Å². The lowest BCUT2D eigenvalue weighted by atomic mass is 10.2. The Bertz CT molecular complexity index is 757. The third kappa shape index (κ3) is 4.28. The van der Waals surface area contributed by atoms with Crippen LogP contribution in [0.5, 0.6) is 0 Å². The van der Waals surface area contributed by atoms with Gasteiger partial charge in [0.15, 0.2) is 4.77 Å². The van der Waals surface area contributed by atoms with Crippen LogP contribution in [0.1, 0.15) is 11.4 Å². The second kappa shape index (κ2) is 7.27. The van der Waals surface area contributed by atoms with Gasteiger partial charge >= 0.3 is 6.18 Å². The van der Waals surface area contributed by atoms with Gasteiger partial charge in [-0.3, -0.25) is 9.67 Å². The molecule has 1 aromatic heterocycles. The van der Waals surface area contributed by atoms with Crippen LogP contribution in [0, 0.1) is 4.77 Å². The van der Waals surface area contributed by atoms with Crippen molar-refractivity contribution >= 4 is 12.2 Å². The molecule has 25 heavy (non-hydrogen) atoms. The van der Waals surface area contributed by atoms with E-state index in [1.807, 2.05) is 0 Å². The zero-order chi connectivity index (χ0) is 18.0. The molecule has 2 aromatic rings. The van der Waals surface area contributed by atoms with E-state index in [1.54, 1.807) is 4.57 Å². The van der Waals surface area contributed by atoms with Gasteiger partial charge in [-0.05, 0) is 43.5 Å². The Morgan fingerprint density at radius 2 is 1.76 bits per heavy atom. The Kier molecular flexibility index (Phi) is 5.26. The highest BCUT2D eigenvalue weighted by atomic mass is 32.1. The molecule has 2 heterocycles. The smallest absolute Gasteiger partial charge is 0.304 e. The van der Waals surface area contributed by atoms with Crippen LogP contribution in [-0.2, 0) is 12.6 Å². The van der Waals surface area contributed by atoms with Gasteiger partial charge in [0.05, 0.1) is 5.56 Å². The molecule has 0 aliphatic carbocycles. The Morgan fingerprint density at radius 1 is 1.12 bits per heavy atom. The molecule has 1 aromatic carbocycles. The summed E-state index contributed by atoms with van der Waals surface area (Å²) in [5, 5.41) is 6.99. The van der Waals surface area contributed by atoms with Crippen LogP contribution < -0.4 is 0 Å². The highest BCUT2D eigenvalue weighted by Crippen LogP contribution is 2.29. The van der Waals surface area contributed by atoms with Gasteiger partial charge in [-0.1, -0.05) is 0 Å². The van der Waals surface area contributed by atoms with Gasteiger partial charge in [-0.25, -0.2) is 0 Å². The number of nitrogens with one attached hydrogen (secondary N) is 1. The molecular weight excluding hydrogens is 351 g/mol. The van der Waals surface area contributed by atoms with E-state index in [2.05, 4.69) is 27.0 Å². The summed E-state index contributed by atoms with van der Waals surface area (Å²) < 4.78 is 40.2. The lowest BCUT2D eigenvalue weighted by Gasteiger charge is -2.32. The van der Waals surface area contributed by atoms with Crippen molar-refractivity contribution in [2.45, 2.75) is 12.6 Å². The minimum absolute atomic E-state index is 0.383. The van der Waals surface area contributed by atoms with E-state index in [4.69, 9.17) is 12.2 Å². The SMILES string of the molecule is CN1CCN(CCc2n[nH]c(=S)n2-c2ccc(C(F)(F)F)cc2)CC1. The number of piperazine rings is 1. The molecule has 5 nitrogen and oxygen atoms in total. The Morgan fingerprint density at radius 3 is 2.36 bits per heavy atom. The molecule has 9 heteroatoms. The number of alkyl halides is 3. The number of H-pyrrole nitrogens is 1. The summed E-state index contributed by atoms with van der Waals surface area (Å²) in [6, 6.07) is 4.98. The van der Waals surface area contributed by atoms with Crippen molar-refractivity contribution in [2.75, 3.05) is 39.8 Å². The van der Waals surface area contributed by atoms with Gasteiger partial charge in [0.25, 0.3) is 0 Å². The molecule has 1 N–H and O–H groups in total. The molecular formula is C16H20F3N5S. The molecule has 3 rings (SSSR count). The van der Waals surface area contributed by atoms with E-state index in [0.717, 1.165) is 50.7 Å². The molecule has 1 fully saturated rings. The van der Waals surface area contributed by atoms with E-state index >= 15 is 0 Å². The number of likely N-dealkylation sites (N-methyl/N-ethyl adjacent to an activating group) is 1. The summed E-state index contributed by atoms with van der Waals surface area (Å²) in [6.45, 7) is 4.91. The van der Waals surface area contributed by atoms with Crippen LogP contribution in [-0.4, -0.2) is 64.3 Å². The molecule has 1 aliphatic rings. The Balaban J connectivity index is 1.74. The number of aromatic nitrogens is 3. The van der Waals surface area contributed by atoms with Crippen LogP contribution in [0.15, 0.2) is 24.3 Å². The predicted molar refractivity (Wildman–Crippen MR) is 91.4 cm³/mol. The normalized spacial score (nSPS) is 17.1. The summed E-state index contributed by atoms with van der Waals surface area (Å²) in [7, 11) is 2.10. The van der Waals surface area contributed by atoms with E-state index in [1.165, 1.54) is 12.1 Å². The molecule has 0 atom stereocenters. The molecule has 1 saturated heterocycles. The monoisotopic (exact) mass is 371 g/mol. The van der Waals surface area contributed by atoms with E-state index in [0.29, 0.717) is 16.9 Å². The van der Waals surface area contributed by atoms with Gasteiger partial charge in [0.2, 0.25) is 0 Å². The van der Waals surface area contributed by atoms with Crippen molar-refractivity contribution in [1.29, 1.82) is 0 Å². The highest BCUT2D eigenvalue weighted by Gasteiger charge is 2.30. The summed E-state index contributed by atoms with van der Waals surface area (Å²) in [5.41, 5.74) is -0.0922. The molecule has 136 valence electrons. The van der Waals surface area contributed by atoms with Gasteiger partial charge in [0, 0.05) is 44.8 Å². The van der Waals surface area contributed by atoms with Crippen molar-refractivity contribution in [1.82, 2.24) is 24.6 Å².